The first kappa shape index (κ1) is 14.0. The fraction of sp³-hybridized carbons (Fsp3) is 0.286. The highest BCUT2D eigenvalue weighted by Gasteiger charge is 2.29. The van der Waals surface area contributed by atoms with E-state index < -0.39 is 10.0 Å². The number of sulfonamides is 1. The molecule has 110 valence electrons. The van der Waals surface area contributed by atoms with E-state index in [4.69, 9.17) is 4.74 Å². The Morgan fingerprint density at radius 1 is 1.19 bits per heavy atom. The predicted molar refractivity (Wildman–Crippen MR) is 77.0 cm³/mol. The second kappa shape index (κ2) is 5.79. The van der Waals surface area contributed by atoms with Crippen LogP contribution in [0.3, 0.4) is 0 Å². The van der Waals surface area contributed by atoms with Crippen LogP contribution in [0.2, 0.25) is 0 Å². The van der Waals surface area contributed by atoms with Gasteiger partial charge in [0.05, 0.1) is 18.0 Å². The highest BCUT2D eigenvalue weighted by Crippen LogP contribution is 2.22. The first-order chi connectivity index (χ1) is 10.1. The summed E-state index contributed by atoms with van der Waals surface area (Å²) < 4.78 is 31.4. The third kappa shape index (κ3) is 3.20. The van der Waals surface area contributed by atoms with Crippen molar-refractivity contribution in [1.29, 1.82) is 0 Å². The van der Waals surface area contributed by atoms with Crippen LogP contribution in [0.15, 0.2) is 42.9 Å². The Morgan fingerprint density at radius 3 is 2.76 bits per heavy atom. The lowest BCUT2D eigenvalue weighted by Gasteiger charge is -2.15. The van der Waals surface area contributed by atoms with Crippen LogP contribution in [0.5, 0.6) is 5.75 Å². The van der Waals surface area contributed by atoms with Gasteiger partial charge in [-0.3, -0.25) is 0 Å². The largest absolute Gasteiger partial charge is 0.492 e. The summed E-state index contributed by atoms with van der Waals surface area (Å²) in [6.07, 6.45) is 3.10. The summed E-state index contributed by atoms with van der Waals surface area (Å²) in [4.78, 5) is 8.02. The van der Waals surface area contributed by atoms with Gasteiger partial charge >= 0.3 is 0 Å². The van der Waals surface area contributed by atoms with Crippen molar-refractivity contribution in [1.82, 2.24) is 14.3 Å². The highest BCUT2D eigenvalue weighted by molar-refractivity contribution is 7.89. The van der Waals surface area contributed by atoms with Gasteiger partial charge in [-0.1, -0.05) is 18.2 Å². The monoisotopic (exact) mass is 305 g/mol. The van der Waals surface area contributed by atoms with Crippen LogP contribution < -0.4 is 4.74 Å². The van der Waals surface area contributed by atoms with Gasteiger partial charge in [-0.05, 0) is 12.1 Å². The minimum Gasteiger partial charge on any atom is -0.492 e. The van der Waals surface area contributed by atoms with E-state index in [2.05, 4.69) is 9.97 Å². The van der Waals surface area contributed by atoms with Crippen LogP contribution in [0.4, 0.5) is 0 Å². The maximum atomic E-state index is 12.3. The first-order valence-electron chi connectivity index (χ1n) is 6.58. The standard InChI is InChI=1S/C14H15N3O3S/c18-21(19,7-6-20-13-4-2-1-3-5-13)17-9-12-8-15-11-16-14(12)10-17/h1-5,8,11H,6-7,9-10H2. The quantitative estimate of drug-likeness (QED) is 0.830. The Balaban J connectivity index is 1.58. The smallest absolute Gasteiger partial charge is 0.218 e. The van der Waals surface area contributed by atoms with Crippen LogP contribution in [0, 0.1) is 0 Å². The number of aromatic nitrogens is 2. The van der Waals surface area contributed by atoms with Gasteiger partial charge < -0.3 is 4.74 Å². The molecule has 7 heteroatoms. The molecule has 2 heterocycles. The minimum atomic E-state index is -3.36. The summed E-state index contributed by atoms with van der Waals surface area (Å²) in [5.41, 5.74) is 1.64. The maximum Gasteiger partial charge on any atom is 0.218 e. The third-order valence-electron chi connectivity index (χ3n) is 3.30. The van der Waals surface area contributed by atoms with E-state index in [-0.39, 0.29) is 12.4 Å². The average molecular weight is 305 g/mol. The molecular weight excluding hydrogens is 290 g/mol. The van der Waals surface area contributed by atoms with Crippen molar-refractivity contribution < 1.29 is 13.2 Å². The number of rotatable bonds is 5. The van der Waals surface area contributed by atoms with Crippen molar-refractivity contribution in [2.75, 3.05) is 12.4 Å². The molecule has 1 aliphatic rings. The molecule has 0 radical (unpaired) electrons. The molecule has 0 fully saturated rings. The molecule has 0 unspecified atom stereocenters. The summed E-state index contributed by atoms with van der Waals surface area (Å²) in [7, 11) is -3.36. The molecule has 1 aromatic carbocycles. The molecule has 1 aromatic heterocycles. The zero-order valence-electron chi connectivity index (χ0n) is 11.3. The molecule has 21 heavy (non-hydrogen) atoms. The van der Waals surface area contributed by atoms with E-state index in [1.807, 2.05) is 18.2 Å². The summed E-state index contributed by atoms with van der Waals surface area (Å²) >= 11 is 0. The van der Waals surface area contributed by atoms with Gasteiger partial charge in [-0.25, -0.2) is 18.4 Å². The van der Waals surface area contributed by atoms with Crippen molar-refractivity contribution in [2.24, 2.45) is 0 Å². The summed E-state index contributed by atoms with van der Waals surface area (Å²) in [6, 6.07) is 9.17. The van der Waals surface area contributed by atoms with Gasteiger partial charge in [0.25, 0.3) is 0 Å². The molecule has 3 rings (SSSR count). The van der Waals surface area contributed by atoms with Crippen LogP contribution in [-0.2, 0) is 23.1 Å². The summed E-state index contributed by atoms with van der Waals surface area (Å²) in [5.74, 6) is 0.617. The Kier molecular flexibility index (Phi) is 3.85. The van der Waals surface area contributed by atoms with Crippen LogP contribution >= 0.6 is 0 Å². The molecule has 6 nitrogen and oxygen atoms in total. The zero-order chi connectivity index (χ0) is 14.7. The van der Waals surface area contributed by atoms with Crippen molar-refractivity contribution in [3.8, 4) is 5.75 Å². The molecule has 0 aliphatic carbocycles. The lowest BCUT2D eigenvalue weighted by atomic mass is 10.3. The Hall–Kier alpha value is -1.99. The second-order valence-corrected chi connectivity index (χ2v) is 6.83. The van der Waals surface area contributed by atoms with E-state index in [1.165, 1.54) is 10.6 Å². The Bertz CT molecular complexity index is 694. The van der Waals surface area contributed by atoms with Crippen molar-refractivity contribution >= 4 is 10.0 Å². The van der Waals surface area contributed by atoms with Crippen molar-refractivity contribution in [3.05, 3.63) is 54.1 Å². The number of benzene rings is 1. The summed E-state index contributed by atoms with van der Waals surface area (Å²) in [5, 5.41) is 0. The maximum absolute atomic E-state index is 12.3. The fourth-order valence-electron chi connectivity index (χ4n) is 2.18. The molecule has 0 bridgehead atoms. The SMILES string of the molecule is O=S(=O)(CCOc1ccccc1)N1Cc2cncnc2C1. The first-order valence-corrected chi connectivity index (χ1v) is 8.19. The molecule has 0 spiro atoms. The molecule has 2 aromatic rings. The lowest BCUT2D eigenvalue weighted by molar-refractivity contribution is 0.334. The number of para-hydroxylation sites is 1. The number of ether oxygens (including phenoxy) is 1. The molecule has 1 aliphatic heterocycles. The van der Waals surface area contributed by atoms with Crippen LogP contribution in [-0.4, -0.2) is 35.1 Å². The lowest BCUT2D eigenvalue weighted by Crippen LogP contribution is -2.30. The zero-order valence-corrected chi connectivity index (χ0v) is 12.2. The van der Waals surface area contributed by atoms with Gasteiger partial charge in [0.1, 0.15) is 18.7 Å². The van der Waals surface area contributed by atoms with E-state index in [0.717, 1.165) is 11.3 Å². The predicted octanol–water partition coefficient (Wildman–Crippen LogP) is 1.20. The third-order valence-corrected chi connectivity index (χ3v) is 5.03. The average Bonchev–Trinajstić information content (AvgIpc) is 2.93. The molecule has 0 atom stereocenters. The Labute approximate surface area is 123 Å². The van der Waals surface area contributed by atoms with E-state index in [0.29, 0.717) is 18.8 Å². The van der Waals surface area contributed by atoms with Crippen LogP contribution in [0.1, 0.15) is 11.3 Å². The fourth-order valence-corrected chi connectivity index (χ4v) is 3.39. The number of nitrogens with zero attached hydrogens (tertiary/aromatic N) is 3. The van der Waals surface area contributed by atoms with Crippen molar-refractivity contribution in [2.45, 2.75) is 13.1 Å². The number of hydrogen-bond donors (Lipinski definition) is 0. The number of hydrogen-bond acceptors (Lipinski definition) is 5. The molecular formula is C14H15N3O3S. The van der Waals surface area contributed by atoms with Crippen LogP contribution in [0.25, 0.3) is 0 Å². The van der Waals surface area contributed by atoms with Gasteiger partial charge in [-0.2, -0.15) is 4.31 Å². The molecule has 0 N–H and O–H groups in total. The molecule has 0 saturated carbocycles. The number of fused-ring (bicyclic) bond motifs is 1. The molecule has 0 saturated heterocycles. The topological polar surface area (TPSA) is 72.4 Å². The van der Waals surface area contributed by atoms with Crippen molar-refractivity contribution in [3.63, 3.8) is 0 Å². The normalized spacial score (nSPS) is 14.9. The Morgan fingerprint density at radius 2 is 2.00 bits per heavy atom. The van der Waals surface area contributed by atoms with E-state index in [9.17, 15) is 8.42 Å². The summed E-state index contributed by atoms with van der Waals surface area (Å²) in [6.45, 7) is 0.778. The van der Waals surface area contributed by atoms with Gasteiger partial charge in [0.15, 0.2) is 0 Å². The van der Waals surface area contributed by atoms with Gasteiger partial charge in [0.2, 0.25) is 10.0 Å². The van der Waals surface area contributed by atoms with E-state index in [1.54, 1.807) is 18.3 Å². The van der Waals surface area contributed by atoms with E-state index >= 15 is 0 Å². The second-order valence-electron chi connectivity index (χ2n) is 4.74. The highest BCUT2D eigenvalue weighted by atomic mass is 32.2. The molecule has 0 amide bonds. The van der Waals surface area contributed by atoms with Gasteiger partial charge in [-0.15, -0.1) is 0 Å². The minimum absolute atomic E-state index is 0.0523. The van der Waals surface area contributed by atoms with Gasteiger partial charge in [0, 0.05) is 18.3 Å².